The Hall–Kier alpha value is -2.63. The van der Waals surface area contributed by atoms with Crippen molar-refractivity contribution in [3.05, 3.63) is 52.4 Å². The minimum absolute atomic E-state index is 0.0968. The number of rotatable bonds is 5. The number of aryl methyl sites for hydroxylation is 2. The number of aromatic nitrogens is 2. The largest absolute Gasteiger partial charge is 0.399 e. The van der Waals surface area contributed by atoms with Gasteiger partial charge in [-0.1, -0.05) is 0 Å². The number of amides is 1. The SMILES string of the molecule is Cc1ccc(=O)n(CCCC(=O)Nc2ccc(N)cc2)n1. The zero-order valence-electron chi connectivity index (χ0n) is 11.9. The van der Waals surface area contributed by atoms with Gasteiger partial charge in [-0.15, -0.1) is 0 Å². The van der Waals surface area contributed by atoms with Crippen molar-refractivity contribution >= 4 is 17.3 Å². The third-order valence-corrected chi connectivity index (χ3v) is 2.97. The second kappa shape index (κ2) is 6.69. The Labute approximate surface area is 122 Å². The normalized spacial score (nSPS) is 10.3. The highest BCUT2D eigenvalue weighted by Gasteiger charge is 2.04. The summed E-state index contributed by atoms with van der Waals surface area (Å²) >= 11 is 0. The van der Waals surface area contributed by atoms with Crippen LogP contribution < -0.4 is 16.6 Å². The van der Waals surface area contributed by atoms with E-state index in [1.54, 1.807) is 30.3 Å². The maximum Gasteiger partial charge on any atom is 0.266 e. The van der Waals surface area contributed by atoms with Crippen LogP contribution in [0.1, 0.15) is 18.5 Å². The van der Waals surface area contributed by atoms with Gasteiger partial charge >= 0.3 is 0 Å². The number of benzene rings is 1. The first-order chi connectivity index (χ1) is 10.0. The molecule has 0 radical (unpaired) electrons. The average molecular weight is 286 g/mol. The van der Waals surface area contributed by atoms with Crippen LogP contribution in [0, 0.1) is 6.92 Å². The maximum atomic E-state index is 11.8. The molecule has 0 spiro atoms. The fourth-order valence-corrected chi connectivity index (χ4v) is 1.89. The van der Waals surface area contributed by atoms with E-state index in [9.17, 15) is 9.59 Å². The van der Waals surface area contributed by atoms with Crippen molar-refractivity contribution in [3.8, 4) is 0 Å². The van der Waals surface area contributed by atoms with Gasteiger partial charge in [0.15, 0.2) is 0 Å². The Balaban J connectivity index is 1.83. The lowest BCUT2D eigenvalue weighted by atomic mass is 10.2. The summed E-state index contributed by atoms with van der Waals surface area (Å²) in [6.45, 7) is 2.25. The van der Waals surface area contributed by atoms with E-state index in [1.807, 2.05) is 6.92 Å². The Morgan fingerprint density at radius 1 is 1.24 bits per heavy atom. The highest BCUT2D eigenvalue weighted by Crippen LogP contribution is 2.11. The number of carbonyl (C=O) groups excluding carboxylic acids is 1. The van der Waals surface area contributed by atoms with Gasteiger partial charge in [0, 0.05) is 30.4 Å². The Kier molecular flexibility index (Phi) is 4.71. The number of carbonyl (C=O) groups is 1. The molecule has 21 heavy (non-hydrogen) atoms. The van der Waals surface area contributed by atoms with Crippen molar-refractivity contribution < 1.29 is 4.79 Å². The lowest BCUT2D eigenvalue weighted by Gasteiger charge is -2.07. The molecule has 1 amide bonds. The first-order valence-electron chi connectivity index (χ1n) is 6.75. The number of nitrogen functional groups attached to an aromatic ring is 1. The first-order valence-corrected chi connectivity index (χ1v) is 6.75. The summed E-state index contributed by atoms with van der Waals surface area (Å²) in [4.78, 5) is 23.3. The lowest BCUT2D eigenvalue weighted by molar-refractivity contribution is -0.116. The fourth-order valence-electron chi connectivity index (χ4n) is 1.89. The van der Waals surface area contributed by atoms with E-state index < -0.39 is 0 Å². The molecule has 3 N–H and O–H groups in total. The van der Waals surface area contributed by atoms with Gasteiger partial charge in [-0.05, 0) is 43.7 Å². The molecule has 2 rings (SSSR count). The molecule has 6 nitrogen and oxygen atoms in total. The summed E-state index contributed by atoms with van der Waals surface area (Å²) in [6, 6.07) is 10.1. The number of hydrogen-bond donors (Lipinski definition) is 2. The quantitative estimate of drug-likeness (QED) is 0.816. The smallest absolute Gasteiger partial charge is 0.266 e. The van der Waals surface area contributed by atoms with Crippen molar-refractivity contribution in [1.82, 2.24) is 9.78 Å². The molecule has 1 aromatic carbocycles. The van der Waals surface area contributed by atoms with Crippen LogP contribution in [0.15, 0.2) is 41.2 Å². The maximum absolute atomic E-state index is 11.8. The highest BCUT2D eigenvalue weighted by molar-refractivity contribution is 5.90. The lowest BCUT2D eigenvalue weighted by Crippen LogP contribution is -2.23. The van der Waals surface area contributed by atoms with E-state index in [-0.39, 0.29) is 11.5 Å². The van der Waals surface area contributed by atoms with Crippen LogP contribution in [-0.4, -0.2) is 15.7 Å². The van der Waals surface area contributed by atoms with Gasteiger partial charge in [-0.2, -0.15) is 5.10 Å². The van der Waals surface area contributed by atoms with Crippen LogP contribution in [0.3, 0.4) is 0 Å². The molecule has 0 aliphatic carbocycles. The van der Waals surface area contributed by atoms with Crippen molar-refractivity contribution in [3.63, 3.8) is 0 Å². The molecule has 110 valence electrons. The second-order valence-electron chi connectivity index (χ2n) is 4.81. The van der Waals surface area contributed by atoms with Gasteiger partial charge < -0.3 is 11.1 Å². The van der Waals surface area contributed by atoms with Crippen molar-refractivity contribution in [1.29, 1.82) is 0 Å². The monoisotopic (exact) mass is 286 g/mol. The average Bonchev–Trinajstić information content (AvgIpc) is 2.45. The molecule has 1 heterocycles. The number of nitrogens with two attached hydrogens (primary N) is 1. The van der Waals surface area contributed by atoms with E-state index in [1.165, 1.54) is 10.7 Å². The van der Waals surface area contributed by atoms with Crippen LogP contribution in [0.5, 0.6) is 0 Å². The van der Waals surface area contributed by atoms with E-state index in [0.29, 0.717) is 30.8 Å². The number of nitrogens with zero attached hydrogens (tertiary/aromatic N) is 2. The first kappa shape index (κ1) is 14.8. The van der Waals surface area contributed by atoms with Crippen LogP contribution in [0.4, 0.5) is 11.4 Å². The third-order valence-electron chi connectivity index (χ3n) is 2.97. The standard InChI is InChI=1S/C15H18N4O2/c1-11-4-9-15(21)19(18-11)10-2-3-14(20)17-13-7-5-12(16)6-8-13/h4-9H,2-3,10,16H2,1H3,(H,17,20). The summed E-state index contributed by atoms with van der Waals surface area (Å²) in [7, 11) is 0. The fraction of sp³-hybridized carbons (Fsp3) is 0.267. The van der Waals surface area contributed by atoms with E-state index in [2.05, 4.69) is 10.4 Å². The molecule has 0 bridgehead atoms. The molecule has 0 atom stereocenters. The topological polar surface area (TPSA) is 90.0 Å². The van der Waals surface area contributed by atoms with Crippen LogP contribution in [-0.2, 0) is 11.3 Å². The zero-order chi connectivity index (χ0) is 15.2. The number of nitrogens with one attached hydrogen (secondary N) is 1. The molecule has 0 saturated carbocycles. The molecule has 0 aliphatic heterocycles. The summed E-state index contributed by atoms with van der Waals surface area (Å²) in [6.07, 6.45) is 0.879. The Morgan fingerprint density at radius 3 is 2.67 bits per heavy atom. The summed E-state index contributed by atoms with van der Waals surface area (Å²) < 4.78 is 1.38. The van der Waals surface area contributed by atoms with Crippen molar-refractivity contribution in [2.24, 2.45) is 0 Å². The summed E-state index contributed by atoms with van der Waals surface area (Å²) in [5, 5.41) is 6.90. The molecule has 0 fully saturated rings. The van der Waals surface area contributed by atoms with E-state index in [4.69, 9.17) is 5.73 Å². The third kappa shape index (κ3) is 4.45. The van der Waals surface area contributed by atoms with Gasteiger partial charge in [-0.25, -0.2) is 4.68 Å². The molecule has 1 aromatic heterocycles. The van der Waals surface area contributed by atoms with Crippen LogP contribution in [0.2, 0.25) is 0 Å². The van der Waals surface area contributed by atoms with Gasteiger partial charge in [0.1, 0.15) is 0 Å². The minimum Gasteiger partial charge on any atom is -0.399 e. The molecule has 0 saturated heterocycles. The van der Waals surface area contributed by atoms with Gasteiger partial charge in [0.25, 0.3) is 5.56 Å². The zero-order valence-corrected chi connectivity index (χ0v) is 11.9. The van der Waals surface area contributed by atoms with Gasteiger partial charge in [0.05, 0.1) is 5.69 Å². The molecule has 6 heteroatoms. The summed E-state index contributed by atoms with van der Waals surface area (Å²) in [5.74, 6) is -0.0968. The number of hydrogen-bond acceptors (Lipinski definition) is 4. The van der Waals surface area contributed by atoms with Crippen molar-refractivity contribution in [2.75, 3.05) is 11.1 Å². The van der Waals surface area contributed by atoms with Crippen LogP contribution >= 0.6 is 0 Å². The van der Waals surface area contributed by atoms with E-state index in [0.717, 1.165) is 5.69 Å². The van der Waals surface area contributed by atoms with E-state index >= 15 is 0 Å². The molecule has 0 aliphatic rings. The highest BCUT2D eigenvalue weighted by atomic mass is 16.1. The second-order valence-corrected chi connectivity index (χ2v) is 4.81. The molecular weight excluding hydrogens is 268 g/mol. The Morgan fingerprint density at radius 2 is 1.95 bits per heavy atom. The van der Waals surface area contributed by atoms with Gasteiger partial charge in [-0.3, -0.25) is 9.59 Å². The number of anilines is 2. The predicted molar refractivity (Wildman–Crippen MR) is 82.0 cm³/mol. The molecular formula is C15H18N4O2. The predicted octanol–water partition coefficient (Wildman–Crippen LogP) is 1.55. The van der Waals surface area contributed by atoms with Crippen LogP contribution in [0.25, 0.3) is 0 Å². The van der Waals surface area contributed by atoms with Gasteiger partial charge in [0.2, 0.25) is 5.91 Å². The Bertz CT molecular complexity index is 677. The molecule has 2 aromatic rings. The summed E-state index contributed by atoms with van der Waals surface area (Å²) in [5.41, 5.74) is 7.56. The van der Waals surface area contributed by atoms with Crippen molar-refractivity contribution in [2.45, 2.75) is 26.3 Å². The molecule has 0 unspecified atom stereocenters. The minimum atomic E-state index is -0.153.